The van der Waals surface area contributed by atoms with E-state index in [-0.39, 0.29) is 17.3 Å². The van der Waals surface area contributed by atoms with Crippen molar-refractivity contribution >= 4 is 0 Å². The Labute approximate surface area is 165 Å². The number of imidazole rings is 1. The van der Waals surface area contributed by atoms with Crippen LogP contribution in [0.5, 0.6) is 0 Å². The number of aliphatic hydroxyl groups is 1. The maximum absolute atomic E-state index is 14.8. The molecule has 4 unspecified atom stereocenters. The van der Waals surface area contributed by atoms with Gasteiger partial charge < -0.3 is 15.4 Å². The zero-order valence-corrected chi connectivity index (χ0v) is 16.1. The summed E-state index contributed by atoms with van der Waals surface area (Å²) in [6.45, 7) is 0.786. The van der Waals surface area contributed by atoms with Gasteiger partial charge in [-0.15, -0.1) is 0 Å². The monoisotopic (exact) mass is 381 g/mol. The number of hydrogen-bond acceptors (Lipinski definition) is 3. The smallest absolute Gasteiger partial charge is 0.129 e. The highest BCUT2D eigenvalue weighted by Gasteiger charge is 2.57. The summed E-state index contributed by atoms with van der Waals surface area (Å²) in [6, 6.07) is 5.10. The Kier molecular flexibility index (Phi) is 3.61. The van der Waals surface area contributed by atoms with Crippen LogP contribution in [0, 0.1) is 34.9 Å². The standard InChI is InChI=1S/C23H28FN3O/c24-18-3-1-2-16-20-11-26-12-27(20)19(22(16)18)6-21(28)23-7-13-4-14(8-23)17(10-25)15(5-13)9-23/h1-3,11-15,17,19,21,28H,4-10,25H2. The van der Waals surface area contributed by atoms with E-state index in [0.29, 0.717) is 24.2 Å². The third-order valence-electron chi connectivity index (χ3n) is 8.61. The molecular weight excluding hydrogens is 353 g/mol. The molecule has 4 saturated carbocycles. The number of rotatable bonds is 4. The normalized spacial score (nSPS) is 38.5. The van der Waals surface area contributed by atoms with E-state index in [1.165, 1.54) is 18.9 Å². The van der Waals surface area contributed by atoms with Crippen molar-refractivity contribution in [3.8, 4) is 11.3 Å². The van der Waals surface area contributed by atoms with Crippen LogP contribution in [-0.2, 0) is 0 Å². The van der Waals surface area contributed by atoms with E-state index >= 15 is 0 Å². The molecule has 4 aliphatic carbocycles. The molecule has 2 heterocycles. The minimum Gasteiger partial charge on any atom is -0.392 e. The molecule has 0 spiro atoms. The lowest BCUT2D eigenvalue weighted by Crippen LogP contribution is -2.56. The third-order valence-corrected chi connectivity index (χ3v) is 8.61. The van der Waals surface area contributed by atoms with Crippen LogP contribution in [0.2, 0.25) is 0 Å². The quantitative estimate of drug-likeness (QED) is 0.848. The molecule has 148 valence electrons. The SMILES string of the molecule is NCC1C2CC3CC1CC(C(O)CC1c4c(F)cccc4-c4cncn41)(C3)C2. The fourth-order valence-electron chi connectivity index (χ4n) is 7.68. The molecule has 1 aliphatic heterocycles. The Morgan fingerprint density at radius 1 is 1.25 bits per heavy atom. The number of hydrogen-bond donors (Lipinski definition) is 2. The predicted molar refractivity (Wildman–Crippen MR) is 105 cm³/mol. The van der Waals surface area contributed by atoms with Crippen LogP contribution in [0.4, 0.5) is 4.39 Å². The fourth-order valence-corrected chi connectivity index (χ4v) is 7.68. The van der Waals surface area contributed by atoms with E-state index in [1.54, 1.807) is 18.6 Å². The van der Waals surface area contributed by atoms with Gasteiger partial charge in [0.15, 0.2) is 0 Å². The maximum Gasteiger partial charge on any atom is 0.129 e. The van der Waals surface area contributed by atoms with Crippen molar-refractivity contribution in [3.63, 3.8) is 0 Å². The minimum atomic E-state index is -0.412. The molecule has 5 aliphatic rings. The fraction of sp³-hybridized carbons (Fsp3) is 0.609. The summed E-state index contributed by atoms with van der Waals surface area (Å²) < 4.78 is 16.8. The molecule has 4 fully saturated rings. The van der Waals surface area contributed by atoms with Gasteiger partial charge in [-0.2, -0.15) is 0 Å². The molecule has 28 heavy (non-hydrogen) atoms. The highest BCUT2D eigenvalue weighted by molar-refractivity contribution is 5.69. The maximum atomic E-state index is 14.8. The number of aliphatic hydroxyl groups excluding tert-OH is 1. The van der Waals surface area contributed by atoms with Gasteiger partial charge in [0.1, 0.15) is 5.82 Å². The van der Waals surface area contributed by atoms with E-state index in [4.69, 9.17) is 5.73 Å². The van der Waals surface area contributed by atoms with Crippen molar-refractivity contribution in [1.29, 1.82) is 0 Å². The Morgan fingerprint density at radius 3 is 2.79 bits per heavy atom. The third kappa shape index (κ3) is 2.20. The number of nitrogens with two attached hydrogens (primary N) is 1. The Morgan fingerprint density at radius 2 is 2.04 bits per heavy atom. The first kappa shape index (κ1) is 17.2. The van der Waals surface area contributed by atoms with Crippen LogP contribution < -0.4 is 5.73 Å². The zero-order valence-electron chi connectivity index (χ0n) is 16.1. The average Bonchev–Trinajstić information content (AvgIpc) is 3.25. The molecule has 0 saturated heterocycles. The molecule has 1 aromatic heterocycles. The first-order valence-electron chi connectivity index (χ1n) is 10.8. The van der Waals surface area contributed by atoms with Crippen molar-refractivity contribution in [2.45, 2.75) is 50.7 Å². The van der Waals surface area contributed by atoms with Gasteiger partial charge >= 0.3 is 0 Å². The number of fused-ring (bicyclic) bond motifs is 3. The molecule has 3 N–H and O–H groups in total. The topological polar surface area (TPSA) is 64.1 Å². The second-order valence-corrected chi connectivity index (χ2v) is 9.89. The van der Waals surface area contributed by atoms with Crippen LogP contribution in [0.15, 0.2) is 30.7 Å². The second kappa shape index (κ2) is 5.90. The number of nitrogens with zero attached hydrogens (tertiary/aromatic N) is 2. The minimum absolute atomic E-state index is 0.00305. The number of halogens is 1. The van der Waals surface area contributed by atoms with Crippen molar-refractivity contribution in [2.24, 2.45) is 34.8 Å². The summed E-state index contributed by atoms with van der Waals surface area (Å²) in [7, 11) is 0. The zero-order chi connectivity index (χ0) is 19.0. The predicted octanol–water partition coefficient (Wildman–Crippen LogP) is 3.74. The van der Waals surface area contributed by atoms with Crippen molar-refractivity contribution in [3.05, 3.63) is 42.1 Å². The molecule has 2 aromatic rings. The van der Waals surface area contributed by atoms with Gasteiger partial charge in [0.05, 0.1) is 30.4 Å². The Hall–Kier alpha value is -1.72. The van der Waals surface area contributed by atoms with Crippen molar-refractivity contribution in [1.82, 2.24) is 9.55 Å². The lowest BCUT2D eigenvalue weighted by Gasteiger charge is -2.61. The Balaban J connectivity index is 1.33. The molecule has 0 radical (unpaired) electrons. The largest absolute Gasteiger partial charge is 0.392 e. The first-order chi connectivity index (χ1) is 13.6. The van der Waals surface area contributed by atoms with Crippen LogP contribution in [0.25, 0.3) is 11.3 Å². The molecule has 4 nitrogen and oxygen atoms in total. The second-order valence-electron chi connectivity index (χ2n) is 9.89. The van der Waals surface area contributed by atoms with E-state index in [0.717, 1.165) is 48.5 Å². The Bertz CT molecular complexity index is 908. The van der Waals surface area contributed by atoms with Gasteiger partial charge in [0, 0.05) is 11.1 Å². The number of benzene rings is 1. The van der Waals surface area contributed by atoms with Gasteiger partial charge in [-0.25, -0.2) is 9.37 Å². The molecule has 1 aromatic carbocycles. The molecule has 7 rings (SSSR count). The summed E-state index contributed by atoms with van der Waals surface area (Å²) in [4.78, 5) is 4.29. The number of aromatic nitrogens is 2. The highest BCUT2D eigenvalue weighted by atomic mass is 19.1. The van der Waals surface area contributed by atoms with Crippen LogP contribution in [-0.4, -0.2) is 27.3 Å². The average molecular weight is 381 g/mol. The lowest BCUT2D eigenvalue weighted by molar-refractivity contribution is -0.148. The highest BCUT2D eigenvalue weighted by Crippen LogP contribution is 2.64. The summed E-state index contributed by atoms with van der Waals surface area (Å²) in [5.74, 6) is 2.55. The van der Waals surface area contributed by atoms with Crippen molar-refractivity contribution in [2.75, 3.05) is 6.54 Å². The summed E-state index contributed by atoms with van der Waals surface area (Å²) >= 11 is 0. The van der Waals surface area contributed by atoms with Crippen molar-refractivity contribution < 1.29 is 9.50 Å². The van der Waals surface area contributed by atoms with Gasteiger partial charge in [-0.05, 0) is 80.2 Å². The molecule has 4 atom stereocenters. The van der Waals surface area contributed by atoms with Gasteiger partial charge in [-0.3, -0.25) is 0 Å². The van der Waals surface area contributed by atoms with E-state index in [1.807, 2.05) is 6.07 Å². The van der Waals surface area contributed by atoms with E-state index < -0.39 is 6.10 Å². The summed E-state index contributed by atoms with van der Waals surface area (Å²) in [5, 5.41) is 11.5. The van der Waals surface area contributed by atoms with E-state index in [9.17, 15) is 9.50 Å². The lowest BCUT2D eigenvalue weighted by atomic mass is 9.44. The molecular formula is C23H28FN3O. The molecule has 0 amide bonds. The van der Waals surface area contributed by atoms with Gasteiger partial charge in [0.25, 0.3) is 0 Å². The summed E-state index contributed by atoms with van der Waals surface area (Å²) in [6.07, 6.45) is 9.65. The first-order valence-corrected chi connectivity index (χ1v) is 10.8. The van der Waals surface area contributed by atoms with Gasteiger partial charge in [-0.1, -0.05) is 12.1 Å². The van der Waals surface area contributed by atoms with Crippen LogP contribution in [0.3, 0.4) is 0 Å². The molecule has 5 heteroatoms. The van der Waals surface area contributed by atoms with Gasteiger partial charge in [0.2, 0.25) is 0 Å². The van der Waals surface area contributed by atoms with Crippen LogP contribution >= 0.6 is 0 Å². The van der Waals surface area contributed by atoms with Crippen LogP contribution in [0.1, 0.15) is 50.1 Å². The van der Waals surface area contributed by atoms with E-state index in [2.05, 4.69) is 9.55 Å². The molecule has 4 bridgehead atoms. The summed E-state index contributed by atoms with van der Waals surface area (Å²) in [5.41, 5.74) is 8.70.